The zero-order valence-corrected chi connectivity index (χ0v) is 11.9. The van der Waals surface area contributed by atoms with Gasteiger partial charge >= 0.3 is 0 Å². The van der Waals surface area contributed by atoms with Gasteiger partial charge in [0.25, 0.3) is 0 Å². The van der Waals surface area contributed by atoms with Crippen LogP contribution in [-0.4, -0.2) is 5.78 Å². The number of rotatable bonds is 3. The molecule has 1 aromatic carbocycles. The molecule has 0 aliphatic heterocycles. The van der Waals surface area contributed by atoms with Gasteiger partial charge < -0.3 is 0 Å². The van der Waals surface area contributed by atoms with Crippen molar-refractivity contribution in [1.29, 1.82) is 0 Å². The maximum Gasteiger partial charge on any atom is 0.142 e. The third-order valence-corrected chi connectivity index (χ3v) is 5.16. The van der Waals surface area contributed by atoms with E-state index in [1.54, 1.807) is 12.1 Å². The average molecular weight is 269 g/mol. The summed E-state index contributed by atoms with van der Waals surface area (Å²) in [6.07, 6.45) is 0.216. The topological polar surface area (TPSA) is 17.1 Å². The molecule has 18 heavy (non-hydrogen) atoms. The molecule has 0 saturated heterocycles. The maximum absolute atomic E-state index is 13.3. The second-order valence-corrected chi connectivity index (χ2v) is 6.61. The van der Waals surface area contributed by atoms with Crippen molar-refractivity contribution in [3.8, 4) is 0 Å². The van der Waals surface area contributed by atoms with Crippen LogP contribution in [0.25, 0.3) is 0 Å². The summed E-state index contributed by atoms with van der Waals surface area (Å²) >= 11 is 5.88. The molecule has 0 bridgehead atoms. The minimum absolute atomic E-state index is 0.0177. The van der Waals surface area contributed by atoms with Gasteiger partial charge in [0, 0.05) is 12.3 Å². The number of carbonyl (C=O) groups excluding carboxylic acids is 1. The minimum Gasteiger partial charge on any atom is -0.299 e. The molecule has 0 atom stereocenters. The Kier molecular flexibility index (Phi) is 3.05. The Bertz CT molecular complexity index is 491. The standard InChI is InChI=1S/C15H18ClFO/c1-14(2)13(15(14,3)4)11(18)8-9-6-5-7-10(17)12(9)16/h5-7,13H,8H2,1-4H3. The highest BCUT2D eigenvalue weighted by atomic mass is 35.5. The molecule has 1 aliphatic rings. The van der Waals surface area contributed by atoms with Gasteiger partial charge in [-0.1, -0.05) is 51.4 Å². The van der Waals surface area contributed by atoms with Gasteiger partial charge in [-0.15, -0.1) is 0 Å². The second kappa shape index (κ2) is 4.06. The molecular weight excluding hydrogens is 251 g/mol. The molecule has 98 valence electrons. The molecule has 0 N–H and O–H groups in total. The molecular formula is C15H18ClFO. The van der Waals surface area contributed by atoms with E-state index in [4.69, 9.17) is 11.6 Å². The Balaban J connectivity index is 2.17. The van der Waals surface area contributed by atoms with E-state index in [0.717, 1.165) is 0 Å². The molecule has 0 radical (unpaired) electrons. The van der Waals surface area contributed by atoms with Gasteiger partial charge in [-0.05, 0) is 22.5 Å². The van der Waals surface area contributed by atoms with Crippen molar-refractivity contribution in [2.75, 3.05) is 0 Å². The van der Waals surface area contributed by atoms with E-state index in [1.165, 1.54) is 6.07 Å². The van der Waals surface area contributed by atoms with Gasteiger partial charge in [0.1, 0.15) is 11.6 Å². The molecule has 1 aliphatic carbocycles. The predicted molar refractivity (Wildman–Crippen MR) is 71.2 cm³/mol. The molecule has 1 fully saturated rings. The zero-order valence-electron chi connectivity index (χ0n) is 11.2. The van der Waals surface area contributed by atoms with Crippen LogP contribution in [0.4, 0.5) is 4.39 Å². The van der Waals surface area contributed by atoms with Crippen molar-refractivity contribution in [2.45, 2.75) is 34.1 Å². The summed E-state index contributed by atoms with van der Waals surface area (Å²) in [5.74, 6) is -0.280. The van der Waals surface area contributed by atoms with E-state index in [1.807, 2.05) is 0 Å². The number of ketones is 1. The van der Waals surface area contributed by atoms with E-state index in [2.05, 4.69) is 27.7 Å². The first-order valence-corrected chi connectivity index (χ1v) is 6.53. The molecule has 0 amide bonds. The van der Waals surface area contributed by atoms with E-state index < -0.39 is 5.82 Å². The zero-order chi connectivity index (χ0) is 13.7. The lowest BCUT2D eigenvalue weighted by atomic mass is 10.0. The van der Waals surface area contributed by atoms with Crippen LogP contribution >= 0.6 is 11.6 Å². The Hall–Kier alpha value is -0.890. The lowest BCUT2D eigenvalue weighted by molar-refractivity contribution is -0.120. The van der Waals surface area contributed by atoms with Gasteiger partial charge in [-0.2, -0.15) is 0 Å². The Morgan fingerprint density at radius 2 is 1.83 bits per heavy atom. The first-order valence-electron chi connectivity index (χ1n) is 6.15. The number of halogens is 2. The van der Waals surface area contributed by atoms with Gasteiger partial charge in [-0.25, -0.2) is 4.39 Å². The lowest BCUT2D eigenvalue weighted by Crippen LogP contribution is -2.10. The van der Waals surface area contributed by atoms with Crippen molar-refractivity contribution >= 4 is 17.4 Å². The quantitative estimate of drug-likeness (QED) is 0.800. The molecule has 1 saturated carbocycles. The van der Waals surface area contributed by atoms with Crippen molar-refractivity contribution < 1.29 is 9.18 Å². The Morgan fingerprint density at radius 1 is 1.28 bits per heavy atom. The molecule has 0 heterocycles. The summed E-state index contributed by atoms with van der Waals surface area (Å²) in [4.78, 5) is 12.3. The van der Waals surface area contributed by atoms with Crippen LogP contribution in [0.5, 0.6) is 0 Å². The first kappa shape index (κ1) is 13.5. The molecule has 0 unspecified atom stereocenters. The van der Waals surface area contributed by atoms with E-state index in [-0.39, 0.29) is 34.0 Å². The fourth-order valence-corrected chi connectivity index (χ4v) is 3.17. The van der Waals surface area contributed by atoms with Crippen LogP contribution in [0.3, 0.4) is 0 Å². The van der Waals surface area contributed by atoms with Crippen molar-refractivity contribution in [3.63, 3.8) is 0 Å². The van der Waals surface area contributed by atoms with Crippen LogP contribution in [0.1, 0.15) is 33.3 Å². The Labute approximate surface area is 112 Å². The summed E-state index contributed by atoms with van der Waals surface area (Å²) in [7, 11) is 0. The average Bonchev–Trinajstić information content (AvgIpc) is 2.65. The number of hydrogen-bond acceptors (Lipinski definition) is 1. The van der Waals surface area contributed by atoms with Gasteiger partial charge in [-0.3, -0.25) is 4.79 Å². The molecule has 0 spiro atoms. The normalized spacial score (nSPS) is 20.8. The van der Waals surface area contributed by atoms with Crippen LogP contribution < -0.4 is 0 Å². The van der Waals surface area contributed by atoms with Crippen molar-refractivity contribution in [2.24, 2.45) is 16.7 Å². The molecule has 1 aromatic rings. The van der Waals surface area contributed by atoms with Crippen LogP contribution in [0.15, 0.2) is 18.2 Å². The van der Waals surface area contributed by atoms with Gasteiger partial charge in [0.15, 0.2) is 0 Å². The third-order valence-electron chi connectivity index (χ3n) is 4.74. The second-order valence-electron chi connectivity index (χ2n) is 6.23. The predicted octanol–water partition coefficient (Wildman–Crippen LogP) is 4.27. The van der Waals surface area contributed by atoms with Crippen molar-refractivity contribution in [1.82, 2.24) is 0 Å². The number of hydrogen-bond donors (Lipinski definition) is 0. The first-order chi connectivity index (χ1) is 8.19. The van der Waals surface area contributed by atoms with Gasteiger partial charge in [0.05, 0.1) is 5.02 Å². The lowest BCUT2D eigenvalue weighted by Gasteiger charge is -2.05. The van der Waals surface area contributed by atoms with E-state index in [9.17, 15) is 9.18 Å². The third kappa shape index (κ3) is 1.87. The number of Topliss-reactive ketones (excluding diaryl/α,β-unsaturated/α-hetero) is 1. The SMILES string of the molecule is CC1(C)C(C(=O)Cc2cccc(F)c2Cl)C1(C)C. The summed E-state index contributed by atoms with van der Waals surface area (Å²) in [5, 5.41) is 0.0714. The fourth-order valence-electron chi connectivity index (χ4n) is 2.98. The number of benzene rings is 1. The summed E-state index contributed by atoms with van der Waals surface area (Å²) in [5.41, 5.74) is 0.619. The maximum atomic E-state index is 13.3. The summed E-state index contributed by atoms with van der Waals surface area (Å²) in [6.45, 7) is 8.40. The van der Waals surface area contributed by atoms with Crippen LogP contribution in [0.2, 0.25) is 5.02 Å². The van der Waals surface area contributed by atoms with E-state index >= 15 is 0 Å². The molecule has 2 rings (SSSR count). The number of carbonyl (C=O) groups is 1. The van der Waals surface area contributed by atoms with Crippen LogP contribution in [0, 0.1) is 22.6 Å². The van der Waals surface area contributed by atoms with Gasteiger partial charge in [0.2, 0.25) is 0 Å². The fraction of sp³-hybridized carbons (Fsp3) is 0.533. The molecule has 0 aromatic heterocycles. The molecule has 3 heteroatoms. The van der Waals surface area contributed by atoms with Crippen LogP contribution in [-0.2, 0) is 11.2 Å². The van der Waals surface area contributed by atoms with E-state index in [0.29, 0.717) is 5.56 Å². The summed E-state index contributed by atoms with van der Waals surface area (Å²) < 4.78 is 13.3. The van der Waals surface area contributed by atoms with Crippen molar-refractivity contribution in [3.05, 3.63) is 34.6 Å². The monoisotopic (exact) mass is 268 g/mol. The summed E-state index contributed by atoms with van der Waals surface area (Å²) in [6, 6.07) is 4.61. The highest BCUT2D eigenvalue weighted by Gasteiger charge is 2.67. The Morgan fingerprint density at radius 3 is 2.33 bits per heavy atom. The largest absolute Gasteiger partial charge is 0.299 e. The highest BCUT2D eigenvalue weighted by Crippen LogP contribution is 2.68. The highest BCUT2D eigenvalue weighted by molar-refractivity contribution is 6.31. The minimum atomic E-state index is -0.462. The molecule has 1 nitrogen and oxygen atoms in total. The smallest absolute Gasteiger partial charge is 0.142 e.